The van der Waals surface area contributed by atoms with E-state index in [4.69, 9.17) is 5.14 Å². The molecule has 0 aliphatic carbocycles. The van der Waals surface area contributed by atoms with Gasteiger partial charge in [0.05, 0.1) is 5.25 Å². The van der Waals surface area contributed by atoms with E-state index in [1.54, 1.807) is 4.90 Å². The molecule has 7 heteroatoms. The Morgan fingerprint density at radius 1 is 1.04 bits per heavy atom. The minimum absolute atomic E-state index is 0.124. The standard InChI is InChI=1S/C16H23N3O3S/c17-23(21,22)15-8-11-19(12-15)16(20)13-4-6-14(7-5-13)18-9-2-1-3-10-18/h4-7,15H,1-3,8-12H2,(H2,17,21,22). The SMILES string of the molecule is NS(=O)(=O)C1CCN(C(=O)c2ccc(N3CCCCC3)cc2)C1. The second-order valence-corrected chi connectivity index (χ2v) is 8.19. The van der Waals surface area contributed by atoms with Crippen molar-refractivity contribution < 1.29 is 13.2 Å². The summed E-state index contributed by atoms with van der Waals surface area (Å²) in [5.41, 5.74) is 1.74. The maximum atomic E-state index is 12.5. The predicted octanol–water partition coefficient (Wildman–Crippen LogP) is 1.18. The molecule has 0 saturated carbocycles. The van der Waals surface area contributed by atoms with Crippen LogP contribution in [0.4, 0.5) is 5.69 Å². The lowest BCUT2D eigenvalue weighted by molar-refractivity contribution is 0.0793. The van der Waals surface area contributed by atoms with Crippen LogP contribution in [-0.4, -0.2) is 50.7 Å². The Kier molecular flexibility index (Phi) is 4.59. The average Bonchev–Trinajstić information content (AvgIpc) is 3.05. The van der Waals surface area contributed by atoms with Crippen molar-refractivity contribution in [3.63, 3.8) is 0 Å². The maximum absolute atomic E-state index is 12.5. The lowest BCUT2D eigenvalue weighted by Crippen LogP contribution is -2.34. The molecule has 6 nitrogen and oxygen atoms in total. The molecule has 1 atom stereocenters. The van der Waals surface area contributed by atoms with Crippen molar-refractivity contribution in [3.05, 3.63) is 29.8 Å². The molecule has 2 aliphatic rings. The Morgan fingerprint density at radius 3 is 2.26 bits per heavy atom. The highest BCUT2D eigenvalue weighted by Crippen LogP contribution is 2.22. The van der Waals surface area contributed by atoms with Crippen molar-refractivity contribution in [2.75, 3.05) is 31.1 Å². The third-order valence-corrected chi connectivity index (χ3v) is 6.05. The van der Waals surface area contributed by atoms with Gasteiger partial charge in [-0.15, -0.1) is 0 Å². The van der Waals surface area contributed by atoms with Crippen molar-refractivity contribution >= 4 is 21.6 Å². The van der Waals surface area contributed by atoms with Crippen molar-refractivity contribution in [1.82, 2.24) is 4.90 Å². The number of carbonyl (C=O) groups is 1. The van der Waals surface area contributed by atoms with Gasteiger partial charge in [-0.25, -0.2) is 13.6 Å². The summed E-state index contributed by atoms with van der Waals surface area (Å²) in [7, 11) is -3.57. The molecule has 0 radical (unpaired) electrons. The summed E-state index contributed by atoms with van der Waals surface area (Å²) in [6.45, 7) is 2.75. The minimum Gasteiger partial charge on any atom is -0.372 e. The summed E-state index contributed by atoms with van der Waals surface area (Å²) in [4.78, 5) is 16.4. The molecule has 2 fully saturated rings. The van der Waals surface area contributed by atoms with Crippen molar-refractivity contribution in [2.45, 2.75) is 30.9 Å². The highest BCUT2D eigenvalue weighted by atomic mass is 32.2. The number of hydrogen-bond donors (Lipinski definition) is 1. The number of nitrogens with two attached hydrogens (primary N) is 1. The minimum atomic E-state index is -3.57. The number of piperidine rings is 1. The van der Waals surface area contributed by atoms with Gasteiger partial charge in [0, 0.05) is 37.4 Å². The van der Waals surface area contributed by atoms with Gasteiger partial charge in [-0.1, -0.05) is 0 Å². The zero-order valence-corrected chi connectivity index (χ0v) is 14.0. The van der Waals surface area contributed by atoms with Gasteiger partial charge in [0.1, 0.15) is 0 Å². The van der Waals surface area contributed by atoms with Gasteiger partial charge in [0.2, 0.25) is 10.0 Å². The molecule has 1 aromatic carbocycles. The number of rotatable bonds is 3. The van der Waals surface area contributed by atoms with Crippen LogP contribution >= 0.6 is 0 Å². The van der Waals surface area contributed by atoms with E-state index in [2.05, 4.69) is 4.90 Å². The quantitative estimate of drug-likeness (QED) is 0.898. The van der Waals surface area contributed by atoms with Crippen LogP contribution in [-0.2, 0) is 10.0 Å². The number of anilines is 1. The molecule has 1 unspecified atom stereocenters. The van der Waals surface area contributed by atoms with Crippen molar-refractivity contribution in [1.29, 1.82) is 0 Å². The fourth-order valence-corrected chi connectivity index (χ4v) is 4.15. The first kappa shape index (κ1) is 16.3. The summed E-state index contributed by atoms with van der Waals surface area (Å²) in [5.74, 6) is -0.124. The van der Waals surface area contributed by atoms with E-state index in [1.807, 2.05) is 24.3 Å². The molecule has 2 saturated heterocycles. The van der Waals surface area contributed by atoms with Gasteiger partial charge in [-0.3, -0.25) is 4.79 Å². The molecule has 2 N–H and O–H groups in total. The Morgan fingerprint density at radius 2 is 1.70 bits per heavy atom. The summed E-state index contributed by atoms with van der Waals surface area (Å²) < 4.78 is 22.8. The lowest BCUT2D eigenvalue weighted by Gasteiger charge is -2.29. The zero-order chi connectivity index (χ0) is 16.4. The van der Waals surface area contributed by atoms with Crippen LogP contribution in [0.25, 0.3) is 0 Å². The first-order chi connectivity index (χ1) is 10.9. The fraction of sp³-hybridized carbons (Fsp3) is 0.562. The molecule has 2 heterocycles. The lowest BCUT2D eigenvalue weighted by atomic mass is 10.1. The van der Waals surface area contributed by atoms with Crippen LogP contribution in [0, 0.1) is 0 Å². The molecule has 0 spiro atoms. The van der Waals surface area contributed by atoms with Gasteiger partial charge in [-0.05, 0) is 49.9 Å². The number of nitrogens with zero attached hydrogens (tertiary/aromatic N) is 2. The number of carbonyl (C=O) groups excluding carboxylic acids is 1. The topological polar surface area (TPSA) is 83.7 Å². The van der Waals surface area contributed by atoms with Crippen LogP contribution in [0.2, 0.25) is 0 Å². The van der Waals surface area contributed by atoms with Crippen LogP contribution in [0.1, 0.15) is 36.0 Å². The molecule has 0 bridgehead atoms. The van der Waals surface area contributed by atoms with E-state index in [0.29, 0.717) is 18.5 Å². The van der Waals surface area contributed by atoms with Crippen LogP contribution < -0.4 is 10.0 Å². The molecule has 1 aromatic rings. The molecule has 1 amide bonds. The number of hydrogen-bond acceptors (Lipinski definition) is 4. The first-order valence-corrected chi connectivity index (χ1v) is 9.72. The largest absolute Gasteiger partial charge is 0.372 e. The summed E-state index contributed by atoms with van der Waals surface area (Å²) in [6.07, 6.45) is 4.12. The molecule has 3 rings (SSSR count). The second kappa shape index (κ2) is 6.49. The van der Waals surface area contributed by atoms with Gasteiger partial charge in [0.15, 0.2) is 0 Å². The van der Waals surface area contributed by atoms with E-state index in [9.17, 15) is 13.2 Å². The average molecular weight is 337 g/mol. The first-order valence-electron chi connectivity index (χ1n) is 8.11. The summed E-state index contributed by atoms with van der Waals surface area (Å²) in [6, 6.07) is 7.62. The normalized spacial score (nSPS) is 22.4. The van der Waals surface area contributed by atoms with E-state index in [0.717, 1.165) is 18.8 Å². The Labute approximate surface area is 137 Å². The number of likely N-dealkylation sites (tertiary alicyclic amines) is 1. The zero-order valence-electron chi connectivity index (χ0n) is 13.1. The Bertz CT molecular complexity index is 666. The Balaban J connectivity index is 1.66. The summed E-state index contributed by atoms with van der Waals surface area (Å²) >= 11 is 0. The van der Waals surface area contributed by atoms with E-state index in [1.165, 1.54) is 19.3 Å². The van der Waals surface area contributed by atoms with Crippen LogP contribution in [0.3, 0.4) is 0 Å². The molecular formula is C16H23N3O3S. The van der Waals surface area contributed by atoms with Crippen molar-refractivity contribution in [2.24, 2.45) is 5.14 Å². The molecule has 23 heavy (non-hydrogen) atoms. The summed E-state index contributed by atoms with van der Waals surface area (Å²) in [5, 5.41) is 4.53. The monoisotopic (exact) mass is 337 g/mol. The highest BCUT2D eigenvalue weighted by Gasteiger charge is 2.33. The van der Waals surface area contributed by atoms with E-state index < -0.39 is 15.3 Å². The van der Waals surface area contributed by atoms with E-state index in [-0.39, 0.29) is 12.5 Å². The molecule has 126 valence electrons. The third-order valence-electron chi connectivity index (χ3n) is 4.73. The molecule has 2 aliphatic heterocycles. The second-order valence-electron chi connectivity index (χ2n) is 6.35. The Hall–Kier alpha value is -1.60. The van der Waals surface area contributed by atoms with Gasteiger partial charge in [0.25, 0.3) is 5.91 Å². The third kappa shape index (κ3) is 3.67. The van der Waals surface area contributed by atoms with Crippen LogP contribution in [0.5, 0.6) is 0 Å². The van der Waals surface area contributed by atoms with Gasteiger partial charge >= 0.3 is 0 Å². The molecular weight excluding hydrogens is 314 g/mol. The van der Waals surface area contributed by atoms with Gasteiger partial charge < -0.3 is 9.80 Å². The number of sulfonamides is 1. The fourth-order valence-electron chi connectivity index (χ4n) is 3.33. The van der Waals surface area contributed by atoms with Crippen molar-refractivity contribution in [3.8, 4) is 0 Å². The van der Waals surface area contributed by atoms with Crippen LogP contribution in [0.15, 0.2) is 24.3 Å². The molecule has 0 aromatic heterocycles. The van der Waals surface area contributed by atoms with E-state index >= 15 is 0 Å². The number of primary sulfonamides is 1. The maximum Gasteiger partial charge on any atom is 0.253 e. The number of benzene rings is 1. The van der Waals surface area contributed by atoms with Gasteiger partial charge in [-0.2, -0.15) is 0 Å². The highest BCUT2D eigenvalue weighted by molar-refractivity contribution is 7.89. The smallest absolute Gasteiger partial charge is 0.253 e. The predicted molar refractivity (Wildman–Crippen MR) is 89.9 cm³/mol. The number of amides is 1.